The first-order valence-corrected chi connectivity index (χ1v) is 7.17. The smallest absolute Gasteiger partial charge is 0.321 e. The second-order valence-electron chi connectivity index (χ2n) is 4.06. The van der Waals surface area contributed by atoms with Gasteiger partial charge in [-0.1, -0.05) is 36.4 Å². The van der Waals surface area contributed by atoms with Crippen LogP contribution in [0, 0.1) is 6.92 Å². The Bertz CT molecular complexity index is 590. The molecule has 0 heterocycles. The number of aryl methyl sites for hydroxylation is 1. The Morgan fingerprint density at radius 3 is 2.22 bits per heavy atom. The summed E-state index contributed by atoms with van der Waals surface area (Å²) in [6, 6.07) is 15.0. The Hall–Kier alpha value is -1.41. The molecule has 0 fully saturated rings. The SMILES string of the molecule is COP(=O)(O)c1ccc(-c2ccccc2C)cc1. The molecule has 0 aromatic heterocycles. The number of hydrogen-bond acceptors (Lipinski definition) is 2. The Labute approximate surface area is 107 Å². The first kappa shape index (κ1) is 13.0. The van der Waals surface area contributed by atoms with Crippen LogP contribution in [0.1, 0.15) is 5.56 Å². The fourth-order valence-electron chi connectivity index (χ4n) is 1.83. The van der Waals surface area contributed by atoms with Crippen molar-refractivity contribution in [2.75, 3.05) is 7.11 Å². The van der Waals surface area contributed by atoms with E-state index in [2.05, 4.69) is 4.52 Å². The normalized spacial score (nSPS) is 14.2. The molecule has 0 spiro atoms. The summed E-state index contributed by atoms with van der Waals surface area (Å²) in [5.74, 6) is 0. The highest BCUT2D eigenvalue weighted by molar-refractivity contribution is 7.61. The largest absolute Gasteiger partial charge is 0.358 e. The van der Waals surface area contributed by atoms with E-state index in [0.717, 1.165) is 11.1 Å². The van der Waals surface area contributed by atoms with Gasteiger partial charge in [-0.2, -0.15) is 0 Å². The highest BCUT2D eigenvalue weighted by Gasteiger charge is 2.20. The van der Waals surface area contributed by atoms with Crippen LogP contribution in [0.15, 0.2) is 48.5 Å². The monoisotopic (exact) mass is 262 g/mol. The molecular formula is C14H15O3P. The van der Waals surface area contributed by atoms with Gasteiger partial charge in [0.1, 0.15) is 0 Å². The predicted molar refractivity (Wildman–Crippen MR) is 73.1 cm³/mol. The molecule has 0 aliphatic heterocycles. The molecule has 2 aromatic rings. The van der Waals surface area contributed by atoms with Crippen molar-refractivity contribution in [1.82, 2.24) is 0 Å². The molecular weight excluding hydrogens is 247 g/mol. The van der Waals surface area contributed by atoms with Crippen molar-refractivity contribution in [3.05, 3.63) is 54.1 Å². The van der Waals surface area contributed by atoms with Crippen LogP contribution < -0.4 is 5.30 Å². The average molecular weight is 262 g/mol. The molecule has 0 aliphatic carbocycles. The maximum absolute atomic E-state index is 11.6. The summed E-state index contributed by atoms with van der Waals surface area (Å²) in [7, 11) is -2.42. The third-order valence-electron chi connectivity index (χ3n) is 2.90. The van der Waals surface area contributed by atoms with E-state index in [0.29, 0.717) is 5.30 Å². The molecule has 0 saturated heterocycles. The van der Waals surface area contributed by atoms with Crippen LogP contribution in [-0.4, -0.2) is 12.0 Å². The van der Waals surface area contributed by atoms with E-state index in [4.69, 9.17) is 0 Å². The topological polar surface area (TPSA) is 46.5 Å². The van der Waals surface area contributed by atoms with Gasteiger partial charge >= 0.3 is 7.60 Å². The van der Waals surface area contributed by atoms with Gasteiger partial charge < -0.3 is 9.42 Å². The van der Waals surface area contributed by atoms with E-state index in [1.807, 2.05) is 43.3 Å². The first-order valence-electron chi connectivity index (χ1n) is 5.60. The minimum Gasteiger partial charge on any atom is -0.321 e. The Kier molecular flexibility index (Phi) is 3.67. The number of benzene rings is 2. The zero-order valence-corrected chi connectivity index (χ0v) is 11.2. The maximum Gasteiger partial charge on any atom is 0.358 e. The van der Waals surface area contributed by atoms with Crippen LogP contribution in [0.3, 0.4) is 0 Å². The zero-order valence-electron chi connectivity index (χ0n) is 10.3. The van der Waals surface area contributed by atoms with E-state index in [1.54, 1.807) is 12.1 Å². The van der Waals surface area contributed by atoms with Gasteiger partial charge in [0.15, 0.2) is 0 Å². The predicted octanol–water partition coefficient (Wildman–Crippen LogP) is 3.12. The number of hydrogen-bond donors (Lipinski definition) is 1. The van der Waals surface area contributed by atoms with E-state index in [1.165, 1.54) is 12.7 Å². The van der Waals surface area contributed by atoms with E-state index >= 15 is 0 Å². The van der Waals surface area contributed by atoms with Crippen molar-refractivity contribution in [3.8, 4) is 11.1 Å². The molecule has 0 saturated carbocycles. The summed E-state index contributed by atoms with van der Waals surface area (Å²) in [5.41, 5.74) is 3.31. The standard InChI is InChI=1S/C14H15O3P/c1-11-5-3-4-6-14(11)12-7-9-13(10-8-12)18(15,16)17-2/h3-10H,1-2H3,(H,15,16). The highest BCUT2D eigenvalue weighted by atomic mass is 31.2. The average Bonchev–Trinajstić information content (AvgIpc) is 2.39. The minimum atomic E-state index is -3.65. The van der Waals surface area contributed by atoms with E-state index in [9.17, 15) is 9.46 Å². The lowest BCUT2D eigenvalue weighted by Crippen LogP contribution is -2.04. The van der Waals surface area contributed by atoms with Gasteiger partial charge in [0.25, 0.3) is 0 Å². The van der Waals surface area contributed by atoms with Gasteiger partial charge in [0.05, 0.1) is 5.30 Å². The summed E-state index contributed by atoms with van der Waals surface area (Å²) in [6.45, 7) is 2.04. The fraction of sp³-hybridized carbons (Fsp3) is 0.143. The van der Waals surface area contributed by atoms with Crippen molar-refractivity contribution in [2.45, 2.75) is 6.92 Å². The summed E-state index contributed by atoms with van der Waals surface area (Å²) < 4.78 is 16.2. The summed E-state index contributed by atoms with van der Waals surface area (Å²) >= 11 is 0. The van der Waals surface area contributed by atoms with Gasteiger partial charge in [0, 0.05) is 7.11 Å². The number of rotatable bonds is 3. The first-order chi connectivity index (χ1) is 8.54. The van der Waals surface area contributed by atoms with Crippen LogP contribution >= 0.6 is 7.60 Å². The van der Waals surface area contributed by atoms with Crippen molar-refractivity contribution in [1.29, 1.82) is 0 Å². The molecule has 2 aromatic carbocycles. The van der Waals surface area contributed by atoms with Gasteiger partial charge in [-0.3, -0.25) is 4.57 Å². The quantitative estimate of drug-likeness (QED) is 0.864. The van der Waals surface area contributed by atoms with Gasteiger partial charge in [-0.15, -0.1) is 0 Å². The second kappa shape index (κ2) is 5.07. The van der Waals surface area contributed by atoms with Crippen molar-refractivity contribution in [2.24, 2.45) is 0 Å². The lowest BCUT2D eigenvalue weighted by molar-refractivity contribution is 0.328. The maximum atomic E-state index is 11.6. The van der Waals surface area contributed by atoms with Crippen molar-refractivity contribution < 1.29 is 14.0 Å². The molecule has 18 heavy (non-hydrogen) atoms. The third-order valence-corrected chi connectivity index (χ3v) is 4.34. The van der Waals surface area contributed by atoms with Crippen LogP contribution in [0.25, 0.3) is 11.1 Å². The molecule has 1 atom stereocenters. The van der Waals surface area contributed by atoms with Crippen LogP contribution in [0.2, 0.25) is 0 Å². The fourth-order valence-corrected chi connectivity index (χ4v) is 2.57. The van der Waals surface area contributed by atoms with Crippen LogP contribution in [0.5, 0.6) is 0 Å². The molecule has 3 nitrogen and oxygen atoms in total. The molecule has 1 unspecified atom stereocenters. The lowest BCUT2D eigenvalue weighted by Gasteiger charge is -2.10. The lowest BCUT2D eigenvalue weighted by atomic mass is 10.0. The van der Waals surface area contributed by atoms with E-state index < -0.39 is 7.60 Å². The molecule has 0 radical (unpaired) electrons. The second-order valence-corrected chi connectivity index (χ2v) is 5.99. The zero-order chi connectivity index (χ0) is 13.2. The Morgan fingerprint density at radius 2 is 1.67 bits per heavy atom. The molecule has 0 bridgehead atoms. The molecule has 94 valence electrons. The molecule has 2 rings (SSSR count). The Morgan fingerprint density at radius 1 is 1.06 bits per heavy atom. The molecule has 0 aliphatic rings. The van der Waals surface area contributed by atoms with Gasteiger partial charge in [-0.25, -0.2) is 0 Å². The molecule has 4 heteroatoms. The molecule has 0 amide bonds. The van der Waals surface area contributed by atoms with Crippen LogP contribution in [-0.2, 0) is 9.09 Å². The third kappa shape index (κ3) is 2.54. The summed E-state index contributed by atoms with van der Waals surface area (Å²) in [4.78, 5) is 9.54. The summed E-state index contributed by atoms with van der Waals surface area (Å²) in [5, 5.41) is 0.308. The Balaban J connectivity index is 2.40. The highest BCUT2D eigenvalue weighted by Crippen LogP contribution is 2.39. The van der Waals surface area contributed by atoms with E-state index in [-0.39, 0.29) is 0 Å². The van der Waals surface area contributed by atoms with Gasteiger partial charge in [0.2, 0.25) is 0 Å². The van der Waals surface area contributed by atoms with Crippen LogP contribution in [0.4, 0.5) is 0 Å². The molecule has 1 N–H and O–H groups in total. The minimum absolute atomic E-state index is 0.308. The van der Waals surface area contributed by atoms with Gasteiger partial charge in [-0.05, 0) is 35.7 Å². The van der Waals surface area contributed by atoms with Crippen molar-refractivity contribution >= 4 is 12.9 Å². The van der Waals surface area contributed by atoms with Crippen molar-refractivity contribution in [3.63, 3.8) is 0 Å². The summed E-state index contributed by atoms with van der Waals surface area (Å²) in [6.07, 6.45) is 0.